The van der Waals surface area contributed by atoms with Gasteiger partial charge < -0.3 is 5.73 Å². The van der Waals surface area contributed by atoms with Crippen LogP contribution in [-0.2, 0) is 4.79 Å². The van der Waals surface area contributed by atoms with Gasteiger partial charge in [0, 0.05) is 19.3 Å². The molecule has 0 unspecified atom stereocenters. The number of nitrogens with zero attached hydrogens (tertiary/aromatic N) is 1. The lowest BCUT2D eigenvalue weighted by Gasteiger charge is -1.91. The van der Waals surface area contributed by atoms with Crippen molar-refractivity contribution in [3.8, 4) is 0 Å². The predicted octanol–water partition coefficient (Wildman–Crippen LogP) is 1.25. The van der Waals surface area contributed by atoms with E-state index in [9.17, 15) is 4.79 Å². The highest BCUT2D eigenvalue weighted by atomic mass is 16.1. The third-order valence-electron chi connectivity index (χ3n) is 1.17. The third-order valence-corrected chi connectivity index (χ3v) is 1.17. The van der Waals surface area contributed by atoms with Gasteiger partial charge in [-0.1, -0.05) is 13.3 Å². The molecular formula is C8H14N2O. The number of carbonyl (C=O) groups is 1. The molecule has 0 aliphatic carbocycles. The van der Waals surface area contributed by atoms with Crippen LogP contribution < -0.4 is 5.73 Å². The van der Waals surface area contributed by atoms with Crippen LogP contribution in [0.1, 0.15) is 26.7 Å². The summed E-state index contributed by atoms with van der Waals surface area (Å²) in [4.78, 5) is 14.6. The smallest absolute Gasteiger partial charge is 0.179 e. The van der Waals surface area contributed by atoms with Crippen molar-refractivity contribution in [1.29, 1.82) is 0 Å². The molecule has 0 atom stereocenters. The molecule has 0 bridgehead atoms. The van der Waals surface area contributed by atoms with Crippen LogP contribution in [0.15, 0.2) is 16.9 Å². The topological polar surface area (TPSA) is 55.4 Å². The molecule has 0 aromatic rings. The Morgan fingerprint density at radius 2 is 2.27 bits per heavy atom. The number of rotatable bonds is 4. The van der Waals surface area contributed by atoms with Gasteiger partial charge in [-0.2, -0.15) is 0 Å². The number of aliphatic imine (C=N–C) groups is 1. The minimum Gasteiger partial charge on any atom is -0.403 e. The first kappa shape index (κ1) is 9.88. The number of ketones is 1. The number of hydrogen-bond acceptors (Lipinski definition) is 3. The van der Waals surface area contributed by atoms with Gasteiger partial charge in [0.15, 0.2) is 5.78 Å². The molecule has 0 spiro atoms. The molecule has 0 fully saturated rings. The summed E-state index contributed by atoms with van der Waals surface area (Å²) >= 11 is 0. The largest absolute Gasteiger partial charge is 0.403 e. The summed E-state index contributed by atoms with van der Waals surface area (Å²) in [5.41, 5.74) is 5.49. The van der Waals surface area contributed by atoms with Crippen LogP contribution in [0.25, 0.3) is 0 Å². The van der Waals surface area contributed by atoms with Gasteiger partial charge in [-0.25, -0.2) is 0 Å². The van der Waals surface area contributed by atoms with E-state index in [1.54, 1.807) is 6.21 Å². The Morgan fingerprint density at radius 1 is 1.64 bits per heavy atom. The van der Waals surface area contributed by atoms with E-state index in [1.165, 1.54) is 13.1 Å². The molecule has 0 saturated carbocycles. The van der Waals surface area contributed by atoms with Crippen LogP contribution in [0.2, 0.25) is 0 Å². The van der Waals surface area contributed by atoms with Gasteiger partial charge in [-0.15, -0.1) is 0 Å². The van der Waals surface area contributed by atoms with E-state index in [2.05, 4.69) is 4.99 Å². The highest BCUT2D eigenvalue weighted by Crippen LogP contribution is 1.95. The van der Waals surface area contributed by atoms with Crippen molar-refractivity contribution in [2.45, 2.75) is 26.7 Å². The van der Waals surface area contributed by atoms with Crippen molar-refractivity contribution < 1.29 is 4.79 Å². The fourth-order valence-corrected chi connectivity index (χ4v) is 0.543. The van der Waals surface area contributed by atoms with Gasteiger partial charge in [-0.3, -0.25) is 9.79 Å². The molecule has 0 rings (SSSR count). The SMILES string of the molecule is CCCC=N/C(=C\N)C(C)=O. The van der Waals surface area contributed by atoms with Crippen molar-refractivity contribution in [2.75, 3.05) is 0 Å². The van der Waals surface area contributed by atoms with E-state index in [-0.39, 0.29) is 5.78 Å². The monoisotopic (exact) mass is 154 g/mol. The lowest BCUT2D eigenvalue weighted by atomic mass is 10.3. The fraction of sp³-hybridized carbons (Fsp3) is 0.500. The van der Waals surface area contributed by atoms with Crippen LogP contribution in [0.4, 0.5) is 0 Å². The molecule has 0 aromatic carbocycles. The van der Waals surface area contributed by atoms with E-state index >= 15 is 0 Å². The Hall–Kier alpha value is -1.12. The quantitative estimate of drug-likeness (QED) is 0.489. The number of nitrogens with two attached hydrogens (primary N) is 1. The van der Waals surface area contributed by atoms with Crippen molar-refractivity contribution in [3.05, 3.63) is 11.9 Å². The second-order valence-electron chi connectivity index (χ2n) is 2.21. The number of hydrogen-bond donors (Lipinski definition) is 1. The van der Waals surface area contributed by atoms with Gasteiger partial charge in [0.1, 0.15) is 5.70 Å². The van der Waals surface area contributed by atoms with Gasteiger partial charge >= 0.3 is 0 Å². The minimum atomic E-state index is -0.0974. The van der Waals surface area contributed by atoms with Gasteiger partial charge in [0.05, 0.1) is 0 Å². The average molecular weight is 154 g/mol. The Kier molecular flexibility index (Phi) is 5.07. The third kappa shape index (κ3) is 4.31. The van der Waals surface area contributed by atoms with E-state index in [4.69, 9.17) is 5.73 Å². The second kappa shape index (κ2) is 5.65. The number of Topliss-reactive ketones (excluding diaryl/α,β-unsaturated/α-hetero) is 1. The lowest BCUT2D eigenvalue weighted by Crippen LogP contribution is -1.97. The average Bonchev–Trinajstić information content (AvgIpc) is 1.97. The summed E-state index contributed by atoms with van der Waals surface area (Å²) in [5, 5.41) is 0. The first-order valence-corrected chi connectivity index (χ1v) is 3.67. The molecule has 0 aromatic heterocycles. The van der Waals surface area contributed by atoms with Crippen LogP contribution in [0, 0.1) is 0 Å². The normalized spacial score (nSPS) is 12.4. The maximum Gasteiger partial charge on any atom is 0.179 e. The summed E-state index contributed by atoms with van der Waals surface area (Å²) in [6.45, 7) is 3.49. The van der Waals surface area contributed by atoms with Crippen LogP contribution in [0.5, 0.6) is 0 Å². The summed E-state index contributed by atoms with van der Waals surface area (Å²) in [5.74, 6) is -0.0974. The van der Waals surface area contributed by atoms with E-state index < -0.39 is 0 Å². The maximum absolute atomic E-state index is 10.7. The Morgan fingerprint density at radius 3 is 2.64 bits per heavy atom. The fourth-order valence-electron chi connectivity index (χ4n) is 0.543. The summed E-state index contributed by atoms with van der Waals surface area (Å²) in [6, 6.07) is 0. The number of carbonyl (C=O) groups excluding carboxylic acids is 1. The second-order valence-corrected chi connectivity index (χ2v) is 2.21. The highest BCUT2D eigenvalue weighted by Gasteiger charge is 1.96. The molecule has 0 radical (unpaired) electrons. The van der Waals surface area contributed by atoms with Crippen molar-refractivity contribution in [3.63, 3.8) is 0 Å². The van der Waals surface area contributed by atoms with Gasteiger partial charge in [0.25, 0.3) is 0 Å². The summed E-state index contributed by atoms with van der Waals surface area (Å²) in [6.07, 6.45) is 4.85. The Balaban J connectivity index is 4.00. The molecule has 0 amide bonds. The molecule has 0 heterocycles. The number of unbranched alkanes of at least 4 members (excludes halogenated alkanes) is 1. The molecule has 2 N–H and O–H groups in total. The Bertz CT molecular complexity index is 183. The first-order valence-electron chi connectivity index (χ1n) is 3.67. The molecule has 3 heteroatoms. The zero-order valence-corrected chi connectivity index (χ0v) is 7.00. The maximum atomic E-state index is 10.7. The van der Waals surface area contributed by atoms with Crippen LogP contribution in [0.3, 0.4) is 0 Å². The zero-order valence-electron chi connectivity index (χ0n) is 7.00. The molecule has 0 aliphatic rings. The highest BCUT2D eigenvalue weighted by molar-refractivity contribution is 5.94. The van der Waals surface area contributed by atoms with Crippen LogP contribution >= 0.6 is 0 Å². The molecule has 0 saturated heterocycles. The number of allylic oxidation sites excluding steroid dienone is 1. The van der Waals surface area contributed by atoms with E-state index in [1.807, 2.05) is 6.92 Å². The zero-order chi connectivity index (χ0) is 8.69. The molecule has 3 nitrogen and oxygen atoms in total. The minimum absolute atomic E-state index is 0.0974. The molecule has 62 valence electrons. The van der Waals surface area contributed by atoms with Gasteiger partial charge in [-0.05, 0) is 6.42 Å². The molecule has 11 heavy (non-hydrogen) atoms. The van der Waals surface area contributed by atoms with Crippen molar-refractivity contribution in [1.82, 2.24) is 0 Å². The van der Waals surface area contributed by atoms with Gasteiger partial charge in [0.2, 0.25) is 0 Å². The van der Waals surface area contributed by atoms with E-state index in [0.717, 1.165) is 12.8 Å². The summed E-state index contributed by atoms with van der Waals surface area (Å²) in [7, 11) is 0. The van der Waals surface area contributed by atoms with E-state index in [0.29, 0.717) is 5.70 Å². The lowest BCUT2D eigenvalue weighted by molar-refractivity contribution is -0.113. The molecular weight excluding hydrogens is 140 g/mol. The van der Waals surface area contributed by atoms with Crippen molar-refractivity contribution in [2.24, 2.45) is 10.7 Å². The van der Waals surface area contributed by atoms with Crippen LogP contribution in [-0.4, -0.2) is 12.0 Å². The standard InChI is InChI=1S/C8H14N2O/c1-3-4-5-10-8(6-9)7(2)11/h5-6H,3-4,9H2,1-2H3/b8-6-,10-5?. The molecule has 0 aliphatic heterocycles. The predicted molar refractivity (Wildman–Crippen MR) is 46.4 cm³/mol. The summed E-state index contributed by atoms with van der Waals surface area (Å²) < 4.78 is 0. The first-order chi connectivity index (χ1) is 5.22. The Labute approximate surface area is 67.0 Å². The van der Waals surface area contributed by atoms with Crippen molar-refractivity contribution >= 4 is 12.0 Å².